The topological polar surface area (TPSA) is 44.6 Å². The molecule has 1 aliphatic rings. The number of hydrogen-bond donors (Lipinski definition) is 0. The van der Waals surface area contributed by atoms with E-state index in [0.29, 0.717) is 31.2 Å². The minimum absolute atomic E-state index is 0.0260. The molecule has 29 heavy (non-hydrogen) atoms. The Labute approximate surface area is 172 Å². The molecule has 1 aromatic heterocycles. The molecule has 1 atom stereocenters. The minimum Gasteiger partial charge on any atom is -0.336 e. The number of amides is 1. The number of carbonyl (C=O) groups is 1. The third kappa shape index (κ3) is 5.87. The molecular weight excluding hydrogens is 369 g/mol. The lowest BCUT2D eigenvalue weighted by molar-refractivity contribution is 0.0649. The first-order valence-corrected chi connectivity index (χ1v) is 10.3. The summed E-state index contributed by atoms with van der Waals surface area (Å²) < 4.78 is 15.7. The van der Waals surface area contributed by atoms with Crippen molar-refractivity contribution in [3.8, 4) is 0 Å². The second-order valence-electron chi connectivity index (χ2n) is 8.23. The van der Waals surface area contributed by atoms with Gasteiger partial charge in [-0.3, -0.25) is 14.4 Å². The molecule has 6 nitrogen and oxygen atoms in total. The first kappa shape index (κ1) is 21.5. The van der Waals surface area contributed by atoms with Gasteiger partial charge < -0.3 is 9.80 Å². The van der Waals surface area contributed by atoms with Crippen LogP contribution < -0.4 is 0 Å². The Balaban J connectivity index is 1.65. The third-order valence-corrected chi connectivity index (χ3v) is 5.58. The summed E-state index contributed by atoms with van der Waals surface area (Å²) in [6, 6.07) is 8.76. The summed E-state index contributed by atoms with van der Waals surface area (Å²) in [7, 11) is 5.83. The van der Waals surface area contributed by atoms with Crippen molar-refractivity contribution in [3.05, 3.63) is 53.6 Å². The summed E-state index contributed by atoms with van der Waals surface area (Å²) in [4.78, 5) is 19.5. The van der Waals surface area contributed by atoms with Crippen molar-refractivity contribution in [1.82, 2.24) is 24.5 Å². The number of halogens is 1. The van der Waals surface area contributed by atoms with Gasteiger partial charge in [-0.05, 0) is 51.5 Å². The van der Waals surface area contributed by atoms with Crippen LogP contribution in [0.15, 0.2) is 36.5 Å². The van der Waals surface area contributed by atoms with Crippen molar-refractivity contribution < 1.29 is 9.18 Å². The number of piperidine rings is 1. The summed E-state index contributed by atoms with van der Waals surface area (Å²) in [5.41, 5.74) is 1.35. The fourth-order valence-corrected chi connectivity index (χ4v) is 3.97. The zero-order valence-corrected chi connectivity index (χ0v) is 17.7. The van der Waals surface area contributed by atoms with E-state index in [9.17, 15) is 9.18 Å². The van der Waals surface area contributed by atoms with Crippen LogP contribution in [0.4, 0.5) is 4.39 Å². The lowest BCUT2D eigenvalue weighted by Crippen LogP contribution is -2.45. The molecule has 0 radical (unpaired) electrons. The molecule has 0 unspecified atom stereocenters. The van der Waals surface area contributed by atoms with E-state index in [1.54, 1.807) is 30.1 Å². The molecule has 7 heteroatoms. The Morgan fingerprint density at radius 1 is 1.24 bits per heavy atom. The molecule has 1 saturated heterocycles. The van der Waals surface area contributed by atoms with Gasteiger partial charge in [0, 0.05) is 51.5 Å². The van der Waals surface area contributed by atoms with Gasteiger partial charge in [0.1, 0.15) is 11.5 Å². The third-order valence-electron chi connectivity index (χ3n) is 5.58. The van der Waals surface area contributed by atoms with Crippen molar-refractivity contribution >= 4 is 5.91 Å². The van der Waals surface area contributed by atoms with E-state index in [0.717, 1.165) is 38.0 Å². The number of hydrogen-bond acceptors (Lipinski definition) is 4. The van der Waals surface area contributed by atoms with Crippen LogP contribution in [0.25, 0.3) is 0 Å². The molecule has 0 N–H and O–H groups in total. The maximum Gasteiger partial charge on any atom is 0.272 e. The van der Waals surface area contributed by atoms with Crippen LogP contribution >= 0.6 is 0 Å². The molecule has 1 aliphatic heterocycles. The number of nitrogens with zero attached hydrogens (tertiary/aromatic N) is 5. The van der Waals surface area contributed by atoms with E-state index in [1.165, 1.54) is 6.07 Å². The Kier molecular flexibility index (Phi) is 7.39. The van der Waals surface area contributed by atoms with Gasteiger partial charge in [0.15, 0.2) is 0 Å². The highest BCUT2D eigenvalue weighted by Crippen LogP contribution is 2.21. The molecule has 0 aliphatic carbocycles. The summed E-state index contributed by atoms with van der Waals surface area (Å²) >= 11 is 0. The second kappa shape index (κ2) is 9.98. The van der Waals surface area contributed by atoms with Crippen molar-refractivity contribution in [1.29, 1.82) is 0 Å². The molecule has 0 spiro atoms. The molecule has 2 heterocycles. The lowest BCUT2D eigenvalue weighted by Gasteiger charge is -2.36. The molecule has 1 aromatic carbocycles. The van der Waals surface area contributed by atoms with Gasteiger partial charge in [0.05, 0.1) is 0 Å². The van der Waals surface area contributed by atoms with E-state index >= 15 is 0 Å². The fraction of sp³-hybridized carbons (Fsp3) is 0.545. The highest BCUT2D eigenvalue weighted by molar-refractivity contribution is 5.92. The SMILES string of the molecule is CN(C)CCN(C[C@@H]1CCCN(Cc2ccccc2F)C1)C(=O)c1ccnn1C. The van der Waals surface area contributed by atoms with Gasteiger partial charge in [-0.2, -0.15) is 5.10 Å². The molecular formula is C22H32FN5O. The number of benzene rings is 1. The van der Waals surface area contributed by atoms with Crippen molar-refractivity contribution in [3.63, 3.8) is 0 Å². The molecule has 0 bridgehead atoms. The van der Waals surface area contributed by atoms with Crippen LogP contribution in [0.5, 0.6) is 0 Å². The highest BCUT2D eigenvalue weighted by atomic mass is 19.1. The van der Waals surface area contributed by atoms with Crippen LogP contribution in [0.2, 0.25) is 0 Å². The van der Waals surface area contributed by atoms with E-state index in [2.05, 4.69) is 14.9 Å². The number of rotatable bonds is 8. The number of aromatic nitrogens is 2. The Bertz CT molecular complexity index is 806. The highest BCUT2D eigenvalue weighted by Gasteiger charge is 2.26. The van der Waals surface area contributed by atoms with Gasteiger partial charge >= 0.3 is 0 Å². The van der Waals surface area contributed by atoms with E-state index in [1.807, 2.05) is 31.1 Å². The Morgan fingerprint density at radius 3 is 2.72 bits per heavy atom. The van der Waals surface area contributed by atoms with Crippen LogP contribution in [0.1, 0.15) is 28.9 Å². The average molecular weight is 402 g/mol. The zero-order chi connectivity index (χ0) is 20.8. The Hall–Kier alpha value is -2.25. The maximum absolute atomic E-state index is 14.0. The minimum atomic E-state index is -0.145. The van der Waals surface area contributed by atoms with E-state index in [-0.39, 0.29) is 11.7 Å². The summed E-state index contributed by atoms with van der Waals surface area (Å²) in [5.74, 6) is 0.265. The van der Waals surface area contributed by atoms with Gasteiger partial charge in [-0.1, -0.05) is 18.2 Å². The maximum atomic E-state index is 14.0. The standard InChI is InChI=1S/C22H32FN5O/c1-25(2)13-14-28(22(29)21-10-11-24-26(21)3)16-18-7-6-12-27(15-18)17-19-8-4-5-9-20(19)23/h4-5,8-11,18H,6-7,12-17H2,1-3H3/t18-/m1/s1. The lowest BCUT2D eigenvalue weighted by atomic mass is 9.96. The van der Waals surface area contributed by atoms with Gasteiger partial charge in [0.2, 0.25) is 0 Å². The quantitative estimate of drug-likeness (QED) is 0.682. The molecule has 1 amide bonds. The van der Waals surface area contributed by atoms with E-state index in [4.69, 9.17) is 0 Å². The summed E-state index contributed by atoms with van der Waals surface area (Å²) in [6.45, 7) is 4.68. The monoisotopic (exact) mass is 401 g/mol. The average Bonchev–Trinajstić information content (AvgIpc) is 3.12. The molecule has 0 saturated carbocycles. The number of likely N-dealkylation sites (tertiary alicyclic amines) is 1. The number of likely N-dealkylation sites (N-methyl/N-ethyl adjacent to an activating group) is 1. The zero-order valence-electron chi connectivity index (χ0n) is 17.7. The number of aryl methyl sites for hydroxylation is 1. The smallest absolute Gasteiger partial charge is 0.272 e. The van der Waals surface area contributed by atoms with Gasteiger partial charge in [0.25, 0.3) is 5.91 Å². The molecule has 2 aromatic rings. The van der Waals surface area contributed by atoms with Crippen LogP contribution in [0, 0.1) is 11.7 Å². The van der Waals surface area contributed by atoms with Crippen molar-refractivity contribution in [2.45, 2.75) is 19.4 Å². The fourth-order valence-electron chi connectivity index (χ4n) is 3.97. The first-order valence-electron chi connectivity index (χ1n) is 10.3. The van der Waals surface area contributed by atoms with Crippen molar-refractivity contribution in [2.24, 2.45) is 13.0 Å². The molecule has 1 fully saturated rings. The first-order chi connectivity index (χ1) is 13.9. The number of carbonyl (C=O) groups excluding carboxylic acids is 1. The largest absolute Gasteiger partial charge is 0.336 e. The van der Waals surface area contributed by atoms with Crippen molar-refractivity contribution in [2.75, 3.05) is 46.8 Å². The normalized spacial score (nSPS) is 17.6. The van der Waals surface area contributed by atoms with Crippen LogP contribution in [-0.4, -0.2) is 77.2 Å². The molecule has 3 rings (SSSR count). The predicted molar refractivity (Wildman–Crippen MR) is 112 cm³/mol. The van der Waals surface area contributed by atoms with Gasteiger partial charge in [-0.25, -0.2) is 4.39 Å². The van der Waals surface area contributed by atoms with Crippen LogP contribution in [-0.2, 0) is 13.6 Å². The van der Waals surface area contributed by atoms with E-state index < -0.39 is 0 Å². The summed E-state index contributed by atoms with van der Waals surface area (Å²) in [5, 5.41) is 4.14. The summed E-state index contributed by atoms with van der Waals surface area (Å²) in [6.07, 6.45) is 3.82. The van der Waals surface area contributed by atoms with Crippen LogP contribution in [0.3, 0.4) is 0 Å². The van der Waals surface area contributed by atoms with Gasteiger partial charge in [-0.15, -0.1) is 0 Å². The second-order valence-corrected chi connectivity index (χ2v) is 8.23. The molecule has 158 valence electrons. The Morgan fingerprint density at radius 2 is 2.03 bits per heavy atom. The predicted octanol–water partition coefficient (Wildman–Crippen LogP) is 2.48.